The number of rotatable bonds is 13. The van der Waals surface area contributed by atoms with E-state index in [9.17, 15) is 4.79 Å². The van der Waals surface area contributed by atoms with Crippen molar-refractivity contribution in [3.05, 3.63) is 47.6 Å². The number of unbranched alkanes of at least 4 members (excludes halogenated alkanes) is 2. The smallest absolute Gasteiger partial charge is 0.331 e. The summed E-state index contributed by atoms with van der Waals surface area (Å²) >= 11 is 0. The third-order valence-electron chi connectivity index (χ3n) is 7.87. The Kier molecular flexibility index (Phi) is 9.11. The number of hydrogen-bond acceptors (Lipinski definition) is 7. The normalized spacial score (nSPS) is 32.4. The number of aliphatic hydroxyl groups excluding tert-OH is 1. The number of allylic oxidation sites excluding steroid dienone is 1. The fourth-order valence-electron chi connectivity index (χ4n) is 5.68. The lowest BCUT2D eigenvalue weighted by molar-refractivity contribution is -0.166. The molecule has 1 saturated carbocycles. The molecule has 3 aliphatic rings. The fraction of sp³-hybridized carbons (Fsp3) is 0.633. The summed E-state index contributed by atoms with van der Waals surface area (Å²) in [7, 11) is 1.68. The lowest BCUT2D eigenvalue weighted by Crippen LogP contribution is -2.55. The van der Waals surface area contributed by atoms with Gasteiger partial charge in [0.25, 0.3) is 0 Å². The number of benzene rings is 1. The van der Waals surface area contributed by atoms with Gasteiger partial charge in [-0.25, -0.2) is 4.79 Å². The quantitative estimate of drug-likeness (QED) is 0.132. The van der Waals surface area contributed by atoms with E-state index < -0.39 is 0 Å². The van der Waals surface area contributed by atoms with E-state index in [2.05, 4.69) is 26.8 Å². The van der Waals surface area contributed by atoms with E-state index in [1.165, 1.54) is 11.6 Å². The largest absolute Gasteiger partial charge is 0.494 e. The van der Waals surface area contributed by atoms with Crippen LogP contribution >= 0.6 is 0 Å². The van der Waals surface area contributed by atoms with E-state index in [-0.39, 0.29) is 48.0 Å². The molecule has 2 heterocycles. The van der Waals surface area contributed by atoms with Gasteiger partial charge in [-0.2, -0.15) is 0 Å². The molecule has 0 radical (unpaired) electrons. The predicted octanol–water partition coefficient (Wildman–Crippen LogP) is 4.86. The number of carbonyl (C=O) groups is 1. The van der Waals surface area contributed by atoms with Crippen LogP contribution < -0.4 is 4.74 Å². The highest BCUT2D eigenvalue weighted by Gasteiger charge is 2.72. The maximum atomic E-state index is 12.8. The standard InChI is InChI=1S/C30H42O7/c1-21(2)8-14-25-29(3,37-25)28-27(33-4)24(16-17-30(28)20-35-30)36-26(32)15-11-22-9-12-23(13-10-22)34-19-7-5-6-18-31/h8-13,15,24-25,27-28,31H,5-7,14,16-20H2,1-4H3/b15-11+/t24-,25+,27-,28-,29-,30+/m1/s1. The van der Waals surface area contributed by atoms with E-state index in [0.717, 1.165) is 43.4 Å². The van der Waals surface area contributed by atoms with E-state index in [1.807, 2.05) is 24.3 Å². The third kappa shape index (κ3) is 6.82. The Hall–Kier alpha value is -2.19. The summed E-state index contributed by atoms with van der Waals surface area (Å²) in [6.07, 6.45) is 9.96. The molecule has 1 aliphatic carbocycles. The minimum atomic E-state index is -0.384. The topological polar surface area (TPSA) is 90.1 Å². The average Bonchev–Trinajstić information content (AvgIpc) is 3.80. The highest BCUT2D eigenvalue weighted by molar-refractivity contribution is 5.87. The highest BCUT2D eigenvalue weighted by atomic mass is 16.6. The molecule has 2 saturated heterocycles. The van der Waals surface area contributed by atoms with E-state index in [4.69, 9.17) is 28.8 Å². The maximum Gasteiger partial charge on any atom is 0.331 e. The Morgan fingerprint density at radius 2 is 1.95 bits per heavy atom. The molecule has 37 heavy (non-hydrogen) atoms. The predicted molar refractivity (Wildman–Crippen MR) is 141 cm³/mol. The molecule has 1 N–H and O–H groups in total. The van der Waals surface area contributed by atoms with Crippen LogP contribution in [0.15, 0.2) is 42.0 Å². The molecule has 1 aromatic rings. The molecule has 7 heteroatoms. The monoisotopic (exact) mass is 514 g/mol. The molecule has 0 amide bonds. The van der Waals surface area contributed by atoms with Crippen molar-refractivity contribution in [1.82, 2.24) is 0 Å². The molecule has 2 aliphatic heterocycles. The first-order valence-corrected chi connectivity index (χ1v) is 13.5. The van der Waals surface area contributed by atoms with Gasteiger partial charge >= 0.3 is 5.97 Å². The van der Waals surface area contributed by atoms with Gasteiger partial charge in [0, 0.05) is 19.8 Å². The van der Waals surface area contributed by atoms with Crippen molar-refractivity contribution in [2.24, 2.45) is 5.92 Å². The second-order valence-corrected chi connectivity index (χ2v) is 10.9. The van der Waals surface area contributed by atoms with Crippen LogP contribution in [0, 0.1) is 5.92 Å². The maximum absolute atomic E-state index is 12.8. The van der Waals surface area contributed by atoms with Gasteiger partial charge in [-0.1, -0.05) is 23.8 Å². The van der Waals surface area contributed by atoms with Crippen molar-refractivity contribution in [1.29, 1.82) is 0 Å². The molecule has 1 aromatic carbocycles. The lowest BCUT2D eigenvalue weighted by Gasteiger charge is -2.42. The number of ether oxygens (including phenoxy) is 5. The van der Waals surface area contributed by atoms with Gasteiger partial charge in [-0.05, 0) is 83.1 Å². The fourth-order valence-corrected chi connectivity index (χ4v) is 5.68. The van der Waals surface area contributed by atoms with Gasteiger partial charge in [0.2, 0.25) is 0 Å². The number of aliphatic hydroxyl groups is 1. The summed E-state index contributed by atoms with van der Waals surface area (Å²) in [5, 5.41) is 8.83. The van der Waals surface area contributed by atoms with Gasteiger partial charge < -0.3 is 28.8 Å². The number of methoxy groups -OCH3 is 1. The number of carbonyl (C=O) groups excluding carboxylic acids is 1. The number of hydrogen-bond donors (Lipinski definition) is 1. The molecule has 4 rings (SSSR count). The van der Waals surface area contributed by atoms with Crippen LogP contribution in [0.1, 0.15) is 64.9 Å². The zero-order valence-electron chi connectivity index (χ0n) is 22.6. The molecule has 0 aromatic heterocycles. The Balaban J connectivity index is 1.32. The summed E-state index contributed by atoms with van der Waals surface area (Å²) in [4.78, 5) is 12.8. The summed E-state index contributed by atoms with van der Waals surface area (Å²) in [5.41, 5.74) is 1.57. The van der Waals surface area contributed by atoms with E-state index in [0.29, 0.717) is 19.6 Å². The first-order chi connectivity index (χ1) is 17.8. The van der Waals surface area contributed by atoms with Crippen LogP contribution in [0.4, 0.5) is 0 Å². The van der Waals surface area contributed by atoms with Crippen molar-refractivity contribution >= 4 is 12.0 Å². The van der Waals surface area contributed by atoms with Gasteiger partial charge in [0.1, 0.15) is 29.2 Å². The van der Waals surface area contributed by atoms with Gasteiger partial charge in [-0.15, -0.1) is 0 Å². The summed E-state index contributed by atoms with van der Waals surface area (Å²) in [6.45, 7) is 7.88. The van der Waals surface area contributed by atoms with E-state index in [1.54, 1.807) is 13.2 Å². The van der Waals surface area contributed by atoms with Crippen molar-refractivity contribution < 1.29 is 33.6 Å². The first-order valence-electron chi connectivity index (χ1n) is 13.5. The average molecular weight is 515 g/mol. The zero-order valence-corrected chi connectivity index (χ0v) is 22.6. The van der Waals surface area contributed by atoms with Crippen molar-refractivity contribution in [2.45, 2.75) is 88.8 Å². The summed E-state index contributed by atoms with van der Waals surface area (Å²) in [5.74, 6) is 0.410. The number of esters is 1. The lowest BCUT2D eigenvalue weighted by atomic mass is 9.68. The summed E-state index contributed by atoms with van der Waals surface area (Å²) in [6, 6.07) is 7.60. The van der Waals surface area contributed by atoms with Gasteiger partial charge in [-0.3, -0.25) is 0 Å². The van der Waals surface area contributed by atoms with Gasteiger partial charge in [0.05, 0.1) is 25.2 Å². The SMILES string of the molecule is CO[C@@H]1[C@H](OC(=O)/C=C/c2ccc(OCCCCCO)cc2)CC[C@]2(CO2)[C@H]1[C@]1(C)O[C@H]1CC=C(C)C. The van der Waals surface area contributed by atoms with Crippen LogP contribution in [0.5, 0.6) is 5.75 Å². The summed E-state index contributed by atoms with van der Waals surface area (Å²) < 4.78 is 29.8. The molecule has 1 spiro atoms. The minimum Gasteiger partial charge on any atom is -0.494 e. The molecular formula is C30H42O7. The van der Waals surface area contributed by atoms with Crippen LogP contribution in [0.3, 0.4) is 0 Å². The second kappa shape index (κ2) is 12.1. The van der Waals surface area contributed by atoms with Gasteiger partial charge in [0.15, 0.2) is 0 Å². The van der Waals surface area contributed by atoms with E-state index >= 15 is 0 Å². The Bertz CT molecular complexity index is 961. The van der Waals surface area contributed by atoms with Crippen LogP contribution in [0.25, 0.3) is 6.08 Å². The Morgan fingerprint density at radius 1 is 1.19 bits per heavy atom. The Labute approximate surface area is 220 Å². The zero-order chi connectivity index (χ0) is 26.5. The molecular weight excluding hydrogens is 472 g/mol. The van der Waals surface area contributed by atoms with Crippen molar-refractivity contribution in [3.8, 4) is 5.75 Å². The molecule has 7 nitrogen and oxygen atoms in total. The first kappa shape index (κ1) is 27.8. The Morgan fingerprint density at radius 3 is 2.59 bits per heavy atom. The van der Waals surface area contributed by atoms with Crippen molar-refractivity contribution in [2.75, 3.05) is 26.9 Å². The minimum absolute atomic E-state index is 0.00674. The molecule has 0 bridgehead atoms. The molecule has 3 fully saturated rings. The van der Waals surface area contributed by atoms with Crippen molar-refractivity contribution in [3.63, 3.8) is 0 Å². The molecule has 204 valence electrons. The molecule has 0 unspecified atom stereocenters. The van der Waals surface area contributed by atoms with Crippen LogP contribution in [0.2, 0.25) is 0 Å². The third-order valence-corrected chi connectivity index (χ3v) is 7.87. The number of epoxide rings is 2. The van der Waals surface area contributed by atoms with Crippen LogP contribution in [-0.2, 0) is 23.7 Å². The second-order valence-electron chi connectivity index (χ2n) is 10.9. The molecule has 6 atom stereocenters. The highest BCUT2D eigenvalue weighted by Crippen LogP contribution is 2.59. The van der Waals surface area contributed by atoms with Crippen LogP contribution in [-0.4, -0.2) is 67.5 Å².